The molecule has 4 aliphatic carbocycles. The van der Waals surface area contributed by atoms with Crippen molar-refractivity contribution in [2.45, 2.75) is 56.4 Å². The number of nitrogens with zero attached hydrogens (tertiary/aromatic N) is 1. The van der Waals surface area contributed by atoms with E-state index in [2.05, 4.69) is 16.8 Å². The average molecular weight is 378 g/mol. The number of carbonyl (C=O) groups excluding carboxylic acids is 2. The van der Waals surface area contributed by atoms with Gasteiger partial charge in [0.2, 0.25) is 11.8 Å². The Morgan fingerprint density at radius 2 is 2.00 bits per heavy atom. The van der Waals surface area contributed by atoms with Gasteiger partial charge in [0.1, 0.15) is 5.37 Å². The molecule has 3 N–H and O–H groups in total. The van der Waals surface area contributed by atoms with Gasteiger partial charge in [-0.1, -0.05) is 6.08 Å². The van der Waals surface area contributed by atoms with Crippen LogP contribution in [0.25, 0.3) is 0 Å². The standard InChI is InChI=1S/C20H31N3O2S/c1-2-3-4-5-23-6-7-26-18(23)17(24)22-16-14-8-13-9-15(16)12-20(10-13,11-14)19(21)25/h2,13-16,18H,1,3-12H2,(H2,21,25)(H,22,24). The quantitative estimate of drug-likeness (QED) is 0.526. The molecule has 5 nitrogen and oxygen atoms in total. The summed E-state index contributed by atoms with van der Waals surface area (Å²) in [6, 6.07) is 0.239. The average Bonchev–Trinajstić information content (AvgIpc) is 3.06. The number of hydrogen-bond acceptors (Lipinski definition) is 4. The summed E-state index contributed by atoms with van der Waals surface area (Å²) in [5.74, 6) is 2.58. The van der Waals surface area contributed by atoms with Gasteiger partial charge in [-0.15, -0.1) is 18.3 Å². The Labute approximate surface area is 160 Å². The van der Waals surface area contributed by atoms with Crippen LogP contribution < -0.4 is 11.1 Å². The monoisotopic (exact) mass is 377 g/mol. The van der Waals surface area contributed by atoms with E-state index in [4.69, 9.17) is 5.73 Å². The van der Waals surface area contributed by atoms with Gasteiger partial charge in [-0.3, -0.25) is 14.5 Å². The molecule has 0 aromatic rings. The highest BCUT2D eigenvalue weighted by atomic mass is 32.2. The number of hydrogen-bond donors (Lipinski definition) is 2. The first kappa shape index (κ1) is 18.4. The normalized spacial score (nSPS) is 41.3. The number of nitrogens with one attached hydrogen (secondary N) is 1. The first-order valence-corrected chi connectivity index (χ1v) is 11.1. The zero-order valence-electron chi connectivity index (χ0n) is 15.5. The largest absolute Gasteiger partial charge is 0.369 e. The lowest BCUT2D eigenvalue weighted by atomic mass is 9.47. The summed E-state index contributed by atoms with van der Waals surface area (Å²) >= 11 is 1.76. The summed E-state index contributed by atoms with van der Waals surface area (Å²) in [5.41, 5.74) is 5.49. The van der Waals surface area contributed by atoms with Crippen LogP contribution in [-0.4, -0.2) is 47.0 Å². The van der Waals surface area contributed by atoms with E-state index < -0.39 is 0 Å². The second kappa shape index (κ2) is 7.19. The molecule has 3 atom stereocenters. The summed E-state index contributed by atoms with van der Waals surface area (Å²) in [6.07, 6.45) is 9.04. The molecular formula is C20H31N3O2S. The van der Waals surface area contributed by atoms with E-state index in [1.165, 1.54) is 0 Å². The lowest BCUT2D eigenvalue weighted by Crippen LogP contribution is -2.63. The molecule has 5 fully saturated rings. The van der Waals surface area contributed by atoms with E-state index in [1.807, 2.05) is 6.08 Å². The summed E-state index contributed by atoms with van der Waals surface area (Å²) < 4.78 is 0. The maximum Gasteiger partial charge on any atom is 0.247 e. The Morgan fingerprint density at radius 3 is 2.65 bits per heavy atom. The zero-order chi connectivity index (χ0) is 18.3. The summed E-state index contributed by atoms with van der Waals surface area (Å²) in [6.45, 7) is 5.73. The van der Waals surface area contributed by atoms with Gasteiger partial charge in [0, 0.05) is 30.3 Å². The molecule has 4 saturated carbocycles. The number of unbranched alkanes of at least 4 members (excludes halogenated alkanes) is 1. The van der Waals surface area contributed by atoms with Crippen molar-refractivity contribution in [2.75, 3.05) is 18.8 Å². The molecule has 1 aliphatic heterocycles. The van der Waals surface area contributed by atoms with Crippen molar-refractivity contribution in [3.63, 3.8) is 0 Å². The molecule has 26 heavy (non-hydrogen) atoms. The van der Waals surface area contributed by atoms with Gasteiger partial charge >= 0.3 is 0 Å². The topological polar surface area (TPSA) is 75.4 Å². The maximum atomic E-state index is 13.0. The van der Waals surface area contributed by atoms with Crippen LogP contribution in [0, 0.1) is 23.2 Å². The smallest absolute Gasteiger partial charge is 0.247 e. The molecule has 6 heteroatoms. The maximum absolute atomic E-state index is 13.0. The highest BCUT2D eigenvalue weighted by Gasteiger charge is 2.58. The minimum Gasteiger partial charge on any atom is -0.369 e. The molecule has 4 bridgehead atoms. The zero-order valence-corrected chi connectivity index (χ0v) is 16.3. The second-order valence-corrected chi connectivity index (χ2v) is 10.0. The van der Waals surface area contributed by atoms with Crippen LogP contribution in [0.4, 0.5) is 0 Å². The van der Waals surface area contributed by atoms with Gasteiger partial charge in [-0.25, -0.2) is 0 Å². The molecule has 0 radical (unpaired) electrons. The molecule has 3 unspecified atom stereocenters. The number of primary amides is 1. The van der Waals surface area contributed by atoms with E-state index >= 15 is 0 Å². The molecule has 0 spiro atoms. The highest BCUT2D eigenvalue weighted by Crippen LogP contribution is 2.59. The van der Waals surface area contributed by atoms with E-state index in [0.717, 1.165) is 63.8 Å². The van der Waals surface area contributed by atoms with Crippen LogP contribution in [0.2, 0.25) is 0 Å². The highest BCUT2D eigenvalue weighted by molar-refractivity contribution is 8.00. The van der Waals surface area contributed by atoms with Crippen molar-refractivity contribution in [1.82, 2.24) is 10.2 Å². The van der Waals surface area contributed by atoms with Gasteiger partial charge in [0.15, 0.2) is 0 Å². The third-order valence-corrected chi connectivity index (χ3v) is 8.41. The van der Waals surface area contributed by atoms with Crippen LogP contribution in [0.15, 0.2) is 12.7 Å². The molecule has 1 heterocycles. The van der Waals surface area contributed by atoms with Crippen LogP contribution in [0.3, 0.4) is 0 Å². The van der Waals surface area contributed by atoms with Crippen LogP contribution in [0.1, 0.15) is 44.9 Å². The van der Waals surface area contributed by atoms with Crippen molar-refractivity contribution in [3.8, 4) is 0 Å². The first-order valence-electron chi connectivity index (χ1n) is 10.1. The fourth-order valence-electron chi connectivity index (χ4n) is 6.21. The number of allylic oxidation sites excluding steroid dienone is 1. The van der Waals surface area contributed by atoms with Crippen molar-refractivity contribution in [1.29, 1.82) is 0 Å². The molecule has 5 rings (SSSR count). The number of rotatable bonds is 7. The number of amides is 2. The van der Waals surface area contributed by atoms with E-state index in [1.54, 1.807) is 11.8 Å². The number of carbonyl (C=O) groups is 2. The lowest BCUT2D eigenvalue weighted by Gasteiger charge is -2.58. The van der Waals surface area contributed by atoms with Gasteiger partial charge < -0.3 is 11.1 Å². The fraction of sp³-hybridized carbons (Fsp3) is 0.800. The molecule has 1 saturated heterocycles. The van der Waals surface area contributed by atoms with E-state index in [9.17, 15) is 9.59 Å². The van der Waals surface area contributed by atoms with Gasteiger partial charge in [0.05, 0.1) is 0 Å². The molecular weight excluding hydrogens is 346 g/mol. The minimum atomic E-state index is -0.281. The fourth-order valence-corrected chi connectivity index (χ4v) is 7.42. The molecule has 0 aromatic heterocycles. The third-order valence-electron chi connectivity index (χ3n) is 7.17. The Balaban J connectivity index is 1.39. The van der Waals surface area contributed by atoms with Crippen molar-refractivity contribution >= 4 is 23.6 Å². The van der Waals surface area contributed by atoms with Crippen LogP contribution >= 0.6 is 11.8 Å². The molecule has 5 aliphatic rings. The Kier molecular flexibility index (Phi) is 5.08. The van der Waals surface area contributed by atoms with Crippen molar-refractivity contribution in [3.05, 3.63) is 12.7 Å². The van der Waals surface area contributed by atoms with E-state index in [-0.39, 0.29) is 28.6 Å². The van der Waals surface area contributed by atoms with Crippen LogP contribution in [-0.2, 0) is 9.59 Å². The third kappa shape index (κ3) is 3.19. The Hall–Kier alpha value is -1.01. The first-order chi connectivity index (χ1) is 12.5. The summed E-state index contributed by atoms with van der Waals surface area (Å²) in [4.78, 5) is 27.4. The van der Waals surface area contributed by atoms with Gasteiger partial charge in [-0.05, 0) is 62.7 Å². The molecule has 0 aromatic carbocycles. The minimum absolute atomic E-state index is 0.0536. The van der Waals surface area contributed by atoms with Crippen molar-refractivity contribution < 1.29 is 9.59 Å². The SMILES string of the molecule is C=CCCCN1CCSC1C(=O)NC1C2CC3CC1CC(C(N)=O)(C3)C2. The van der Waals surface area contributed by atoms with Crippen molar-refractivity contribution in [2.24, 2.45) is 28.9 Å². The molecule has 144 valence electrons. The number of nitrogens with two attached hydrogens (primary N) is 1. The second-order valence-electron chi connectivity index (χ2n) is 8.84. The van der Waals surface area contributed by atoms with E-state index in [0.29, 0.717) is 17.8 Å². The Morgan fingerprint density at radius 1 is 1.27 bits per heavy atom. The van der Waals surface area contributed by atoms with Gasteiger partial charge in [-0.2, -0.15) is 0 Å². The van der Waals surface area contributed by atoms with Crippen LogP contribution in [0.5, 0.6) is 0 Å². The predicted molar refractivity (Wildman–Crippen MR) is 104 cm³/mol. The molecule has 2 amide bonds. The number of thioether (sulfide) groups is 1. The predicted octanol–water partition coefficient (Wildman–Crippen LogP) is 2.12. The lowest BCUT2D eigenvalue weighted by molar-refractivity contribution is -0.147. The summed E-state index contributed by atoms with van der Waals surface area (Å²) in [7, 11) is 0. The summed E-state index contributed by atoms with van der Waals surface area (Å²) in [5, 5.41) is 3.35. The van der Waals surface area contributed by atoms with Gasteiger partial charge in [0.25, 0.3) is 0 Å². The Bertz CT molecular complexity index is 580.